The van der Waals surface area contributed by atoms with E-state index in [1.807, 2.05) is 0 Å². The molecule has 0 aromatic heterocycles. The average Bonchev–Trinajstić information content (AvgIpc) is 3.22. The lowest BCUT2D eigenvalue weighted by Gasteiger charge is -2.38. The number of epoxide rings is 1. The normalized spacial score (nSPS) is 33.3. The van der Waals surface area contributed by atoms with Gasteiger partial charge in [0, 0.05) is 0 Å². The van der Waals surface area contributed by atoms with Crippen molar-refractivity contribution in [2.75, 3.05) is 13.2 Å². The lowest BCUT2D eigenvalue weighted by atomic mass is 9.67. The minimum Gasteiger partial charge on any atom is -0.491 e. The first-order valence-corrected chi connectivity index (χ1v) is 6.78. The summed E-state index contributed by atoms with van der Waals surface area (Å²) >= 11 is 0. The molecule has 1 saturated heterocycles. The molecule has 1 saturated carbocycles. The molecule has 0 spiro atoms. The summed E-state index contributed by atoms with van der Waals surface area (Å²) in [5.74, 6) is 2.67. The average molecular weight is 230 g/mol. The second-order valence-corrected chi connectivity index (χ2v) is 5.61. The minimum atomic E-state index is 0.350. The molecule has 2 bridgehead atoms. The Morgan fingerprint density at radius 2 is 1.76 bits per heavy atom. The fourth-order valence-corrected chi connectivity index (χ4v) is 3.44. The molecule has 17 heavy (non-hydrogen) atoms. The summed E-state index contributed by atoms with van der Waals surface area (Å²) in [6, 6.07) is 6.73. The van der Waals surface area contributed by atoms with Crippen LogP contribution in [0.3, 0.4) is 0 Å². The van der Waals surface area contributed by atoms with Gasteiger partial charge in [-0.2, -0.15) is 0 Å². The van der Waals surface area contributed by atoms with Gasteiger partial charge < -0.3 is 9.47 Å². The summed E-state index contributed by atoms with van der Waals surface area (Å²) in [6.45, 7) is 1.59. The van der Waals surface area contributed by atoms with Crippen LogP contribution in [-0.2, 0) is 4.74 Å². The summed E-state index contributed by atoms with van der Waals surface area (Å²) < 4.78 is 10.9. The lowest BCUT2D eigenvalue weighted by Crippen LogP contribution is -2.21. The molecule has 2 fully saturated rings. The van der Waals surface area contributed by atoms with E-state index in [-0.39, 0.29) is 0 Å². The van der Waals surface area contributed by atoms with Crippen LogP contribution in [0.25, 0.3) is 0 Å². The fraction of sp³-hybridized carbons (Fsp3) is 0.600. The van der Waals surface area contributed by atoms with Crippen LogP contribution in [0.15, 0.2) is 18.2 Å². The van der Waals surface area contributed by atoms with E-state index < -0.39 is 0 Å². The van der Waals surface area contributed by atoms with Crippen LogP contribution in [0.1, 0.15) is 48.6 Å². The highest BCUT2D eigenvalue weighted by Crippen LogP contribution is 2.49. The molecule has 90 valence electrons. The third-order valence-electron chi connectivity index (χ3n) is 4.50. The van der Waals surface area contributed by atoms with Crippen LogP contribution in [-0.4, -0.2) is 19.3 Å². The van der Waals surface area contributed by atoms with Gasteiger partial charge in [-0.25, -0.2) is 0 Å². The van der Waals surface area contributed by atoms with E-state index in [9.17, 15) is 0 Å². The maximum absolute atomic E-state index is 5.78. The van der Waals surface area contributed by atoms with E-state index in [1.165, 1.54) is 25.7 Å². The van der Waals surface area contributed by atoms with Crippen molar-refractivity contribution in [3.8, 4) is 5.75 Å². The molecule has 0 N–H and O–H groups in total. The highest BCUT2D eigenvalue weighted by Gasteiger charge is 2.33. The van der Waals surface area contributed by atoms with Crippen molar-refractivity contribution in [1.82, 2.24) is 0 Å². The lowest BCUT2D eigenvalue weighted by molar-refractivity contribution is 0.261. The molecule has 1 aromatic rings. The second-order valence-electron chi connectivity index (χ2n) is 5.61. The molecule has 1 heterocycles. The monoisotopic (exact) mass is 230 g/mol. The van der Waals surface area contributed by atoms with Gasteiger partial charge in [0.05, 0.1) is 6.61 Å². The molecular formula is C15H18O2. The first-order valence-electron chi connectivity index (χ1n) is 6.78. The van der Waals surface area contributed by atoms with Crippen LogP contribution >= 0.6 is 0 Å². The number of benzene rings is 1. The highest BCUT2D eigenvalue weighted by atomic mass is 16.6. The maximum atomic E-state index is 5.78. The Bertz CT molecular complexity index is 429. The van der Waals surface area contributed by atoms with Crippen molar-refractivity contribution in [1.29, 1.82) is 0 Å². The molecule has 0 amide bonds. The highest BCUT2D eigenvalue weighted by molar-refractivity contribution is 5.43. The second kappa shape index (κ2) is 3.74. The molecule has 1 aromatic carbocycles. The topological polar surface area (TPSA) is 21.8 Å². The quantitative estimate of drug-likeness (QED) is 0.744. The van der Waals surface area contributed by atoms with Gasteiger partial charge in [-0.05, 0) is 60.8 Å². The molecule has 1 aliphatic heterocycles. The van der Waals surface area contributed by atoms with Crippen LogP contribution in [0.2, 0.25) is 0 Å². The first kappa shape index (κ1) is 9.95. The van der Waals surface area contributed by atoms with Gasteiger partial charge in [-0.3, -0.25) is 0 Å². The van der Waals surface area contributed by atoms with E-state index in [1.54, 1.807) is 11.1 Å². The summed E-state index contributed by atoms with van der Waals surface area (Å²) in [5, 5.41) is 0. The fourth-order valence-electron chi connectivity index (χ4n) is 3.44. The molecule has 1 unspecified atom stereocenters. The van der Waals surface area contributed by atoms with E-state index in [4.69, 9.17) is 9.47 Å². The predicted molar refractivity (Wildman–Crippen MR) is 65.6 cm³/mol. The van der Waals surface area contributed by atoms with Crippen molar-refractivity contribution in [3.05, 3.63) is 29.3 Å². The minimum absolute atomic E-state index is 0.350. The molecule has 1 atom stereocenters. The Morgan fingerprint density at radius 3 is 2.47 bits per heavy atom. The zero-order chi connectivity index (χ0) is 11.2. The molecule has 2 heteroatoms. The van der Waals surface area contributed by atoms with Gasteiger partial charge in [0.2, 0.25) is 0 Å². The van der Waals surface area contributed by atoms with Crippen molar-refractivity contribution in [3.63, 3.8) is 0 Å². The van der Waals surface area contributed by atoms with E-state index >= 15 is 0 Å². The maximum Gasteiger partial charge on any atom is 0.119 e. The zero-order valence-corrected chi connectivity index (χ0v) is 10.0. The molecule has 5 rings (SSSR count). The largest absolute Gasteiger partial charge is 0.491 e. The summed E-state index contributed by atoms with van der Waals surface area (Å²) in [5.41, 5.74) is 3.17. The summed E-state index contributed by atoms with van der Waals surface area (Å²) in [7, 11) is 0. The van der Waals surface area contributed by atoms with Crippen molar-refractivity contribution in [2.45, 2.75) is 43.6 Å². The summed E-state index contributed by atoms with van der Waals surface area (Å²) in [6.07, 6.45) is 5.91. The molecule has 0 radical (unpaired) electrons. The Hall–Kier alpha value is -1.02. The summed E-state index contributed by atoms with van der Waals surface area (Å²) in [4.78, 5) is 0. The Kier molecular flexibility index (Phi) is 2.19. The molecular weight excluding hydrogens is 212 g/mol. The standard InChI is InChI=1S/C15H18O2/c1-3-11-4-2-10(1)14-6-5-12(7-15(11)14)16-8-13-9-17-13/h5-7,10-11,13H,1-4,8-9H2. The number of fused-ring (bicyclic) bond motifs is 2. The SMILES string of the molecule is c1cc2c(cc1OCC1CO1)C1CCC2CC1. The van der Waals surface area contributed by atoms with Crippen LogP contribution in [0.4, 0.5) is 0 Å². The van der Waals surface area contributed by atoms with E-state index in [0.29, 0.717) is 12.7 Å². The van der Waals surface area contributed by atoms with Gasteiger partial charge in [0.25, 0.3) is 0 Å². The van der Waals surface area contributed by atoms with Crippen molar-refractivity contribution >= 4 is 0 Å². The zero-order valence-electron chi connectivity index (χ0n) is 10.0. The Labute approximate surface area is 102 Å². The molecule has 2 nitrogen and oxygen atoms in total. The number of rotatable bonds is 3. The van der Waals surface area contributed by atoms with Gasteiger partial charge >= 0.3 is 0 Å². The third-order valence-corrected chi connectivity index (χ3v) is 4.50. The van der Waals surface area contributed by atoms with Gasteiger partial charge in [-0.1, -0.05) is 6.07 Å². The number of hydrogen-bond acceptors (Lipinski definition) is 2. The molecule has 3 aliphatic carbocycles. The van der Waals surface area contributed by atoms with Crippen LogP contribution in [0.5, 0.6) is 5.75 Å². The van der Waals surface area contributed by atoms with Crippen LogP contribution in [0, 0.1) is 0 Å². The predicted octanol–water partition coefficient (Wildman–Crippen LogP) is 3.22. The number of ether oxygens (including phenoxy) is 2. The van der Waals surface area contributed by atoms with Crippen molar-refractivity contribution < 1.29 is 9.47 Å². The molecule has 4 aliphatic rings. The van der Waals surface area contributed by atoms with Gasteiger partial charge in [0.1, 0.15) is 18.5 Å². The Balaban J connectivity index is 1.60. The third kappa shape index (κ3) is 1.75. The van der Waals surface area contributed by atoms with Crippen molar-refractivity contribution in [2.24, 2.45) is 0 Å². The van der Waals surface area contributed by atoms with E-state index in [0.717, 1.165) is 24.2 Å². The smallest absolute Gasteiger partial charge is 0.119 e. The Morgan fingerprint density at radius 1 is 1.06 bits per heavy atom. The van der Waals surface area contributed by atoms with Gasteiger partial charge in [0.15, 0.2) is 0 Å². The van der Waals surface area contributed by atoms with E-state index in [2.05, 4.69) is 18.2 Å². The number of hydrogen-bond donors (Lipinski definition) is 0. The van der Waals surface area contributed by atoms with Gasteiger partial charge in [-0.15, -0.1) is 0 Å². The van der Waals surface area contributed by atoms with Crippen LogP contribution < -0.4 is 4.74 Å². The first-order chi connectivity index (χ1) is 8.40.